The Kier molecular flexibility index (Phi) is 8.83. The summed E-state index contributed by atoms with van der Waals surface area (Å²) in [7, 11) is 1.44. The van der Waals surface area contributed by atoms with E-state index in [2.05, 4.69) is 22.1 Å². The van der Waals surface area contributed by atoms with E-state index in [-0.39, 0.29) is 41.8 Å². The van der Waals surface area contributed by atoms with Crippen molar-refractivity contribution in [3.8, 4) is 0 Å². The number of nitrogens with zero attached hydrogens (tertiary/aromatic N) is 2. The summed E-state index contributed by atoms with van der Waals surface area (Å²) in [5.74, 6) is 0.843. The normalized spacial score (nSPS) is 20.5. The smallest absolute Gasteiger partial charge is 0.310 e. The fourth-order valence-corrected chi connectivity index (χ4v) is 2.91. The van der Waals surface area contributed by atoms with Crippen molar-refractivity contribution in [2.75, 3.05) is 26.7 Å². The Morgan fingerprint density at radius 2 is 2.04 bits per heavy atom. The molecule has 0 aromatic heterocycles. The van der Waals surface area contributed by atoms with Gasteiger partial charge in [-0.25, -0.2) is 4.99 Å². The van der Waals surface area contributed by atoms with E-state index in [1.807, 2.05) is 31.2 Å². The van der Waals surface area contributed by atoms with Gasteiger partial charge in [-0.3, -0.25) is 4.79 Å². The molecule has 1 aromatic rings. The fraction of sp³-hybridized carbons (Fsp3) is 0.529. The molecule has 1 saturated heterocycles. The maximum atomic E-state index is 11.8. The topological polar surface area (TPSA) is 53.9 Å². The summed E-state index contributed by atoms with van der Waals surface area (Å²) in [5, 5.41) is 4.02. The first kappa shape index (κ1) is 21.0. The largest absolute Gasteiger partial charge is 0.469 e. The molecule has 1 aliphatic heterocycles. The van der Waals surface area contributed by atoms with Crippen molar-refractivity contribution in [1.82, 2.24) is 10.2 Å². The average molecular weight is 466 g/mol. The van der Waals surface area contributed by atoms with Gasteiger partial charge in [-0.1, -0.05) is 30.7 Å². The number of ether oxygens (including phenoxy) is 1. The van der Waals surface area contributed by atoms with Crippen LogP contribution in [-0.4, -0.2) is 43.6 Å². The van der Waals surface area contributed by atoms with Crippen LogP contribution in [0.15, 0.2) is 29.3 Å². The van der Waals surface area contributed by atoms with E-state index in [1.54, 1.807) is 0 Å². The Bertz CT molecular complexity index is 565. The molecule has 2 unspecified atom stereocenters. The summed E-state index contributed by atoms with van der Waals surface area (Å²) in [6.45, 7) is 6.91. The lowest BCUT2D eigenvalue weighted by molar-refractivity contribution is -0.145. The molecule has 24 heavy (non-hydrogen) atoms. The first-order valence-corrected chi connectivity index (χ1v) is 8.28. The molecule has 1 N–H and O–H groups in total. The number of carbonyl (C=O) groups is 1. The Hall–Kier alpha value is -1.02. The number of guanidine groups is 1. The van der Waals surface area contributed by atoms with Gasteiger partial charge in [-0.05, 0) is 30.5 Å². The van der Waals surface area contributed by atoms with Crippen LogP contribution in [0.3, 0.4) is 0 Å². The summed E-state index contributed by atoms with van der Waals surface area (Å²) in [6, 6.07) is 7.67. The van der Waals surface area contributed by atoms with Crippen molar-refractivity contribution in [3.05, 3.63) is 34.9 Å². The molecule has 7 heteroatoms. The van der Waals surface area contributed by atoms with Crippen LogP contribution in [0.1, 0.15) is 19.4 Å². The molecule has 2 rings (SSSR count). The quantitative estimate of drug-likeness (QED) is 0.321. The van der Waals surface area contributed by atoms with Gasteiger partial charge in [0.1, 0.15) is 0 Å². The van der Waals surface area contributed by atoms with Crippen molar-refractivity contribution >= 4 is 47.5 Å². The zero-order valence-electron chi connectivity index (χ0n) is 14.3. The number of likely N-dealkylation sites (tertiary alicyclic amines) is 1. The van der Waals surface area contributed by atoms with Crippen LogP contribution >= 0.6 is 35.6 Å². The number of benzene rings is 1. The predicted octanol–water partition coefficient (Wildman–Crippen LogP) is 3.16. The molecular weight excluding hydrogens is 441 g/mol. The molecule has 1 fully saturated rings. The van der Waals surface area contributed by atoms with Crippen LogP contribution in [0.2, 0.25) is 5.02 Å². The van der Waals surface area contributed by atoms with Gasteiger partial charge >= 0.3 is 5.97 Å². The Morgan fingerprint density at radius 3 is 2.62 bits per heavy atom. The van der Waals surface area contributed by atoms with Gasteiger partial charge in [0.15, 0.2) is 5.96 Å². The molecule has 0 bridgehead atoms. The average Bonchev–Trinajstić information content (AvgIpc) is 2.94. The molecule has 5 nitrogen and oxygen atoms in total. The first-order valence-electron chi connectivity index (χ1n) is 7.90. The molecule has 134 valence electrons. The number of methoxy groups -OCH3 is 1. The number of hydrogen-bond acceptors (Lipinski definition) is 3. The van der Waals surface area contributed by atoms with Crippen LogP contribution in [0.4, 0.5) is 0 Å². The zero-order chi connectivity index (χ0) is 16.8. The first-order chi connectivity index (χ1) is 11.0. The summed E-state index contributed by atoms with van der Waals surface area (Å²) >= 11 is 5.90. The van der Waals surface area contributed by atoms with Gasteiger partial charge in [0, 0.05) is 24.7 Å². The van der Waals surface area contributed by atoms with Crippen LogP contribution in [0, 0.1) is 11.8 Å². The molecule has 0 saturated carbocycles. The number of halogens is 2. The van der Waals surface area contributed by atoms with Crippen molar-refractivity contribution in [1.29, 1.82) is 0 Å². The minimum Gasteiger partial charge on any atom is -0.469 e. The van der Waals surface area contributed by atoms with E-state index in [4.69, 9.17) is 16.3 Å². The second-order valence-electron chi connectivity index (χ2n) is 5.81. The Morgan fingerprint density at radius 1 is 1.38 bits per heavy atom. The molecule has 1 heterocycles. The SMILES string of the molecule is CCNC(=NCc1ccc(Cl)cc1)N1CC(C)C(C(=O)OC)C1.I. The lowest BCUT2D eigenvalue weighted by atomic mass is 9.99. The van der Waals surface area contributed by atoms with E-state index in [9.17, 15) is 4.79 Å². The number of nitrogens with one attached hydrogen (secondary N) is 1. The van der Waals surface area contributed by atoms with Gasteiger partial charge in [0.05, 0.1) is 19.6 Å². The standard InChI is InChI=1S/C17H24ClN3O2.HI/c1-4-19-17(20-9-13-5-7-14(18)8-6-13)21-10-12(2)15(11-21)16(22)23-3;/h5-8,12,15H,4,9-11H2,1-3H3,(H,19,20);1H. The van der Waals surface area contributed by atoms with Crippen molar-refractivity contribution in [2.24, 2.45) is 16.8 Å². The van der Waals surface area contributed by atoms with Crippen molar-refractivity contribution in [3.63, 3.8) is 0 Å². The molecule has 0 spiro atoms. The minimum absolute atomic E-state index is 0. The zero-order valence-corrected chi connectivity index (χ0v) is 17.4. The molecule has 0 aliphatic carbocycles. The van der Waals surface area contributed by atoms with E-state index in [1.165, 1.54) is 7.11 Å². The monoisotopic (exact) mass is 465 g/mol. The van der Waals surface area contributed by atoms with Crippen molar-refractivity contribution < 1.29 is 9.53 Å². The summed E-state index contributed by atoms with van der Waals surface area (Å²) in [4.78, 5) is 18.7. The third-order valence-electron chi connectivity index (χ3n) is 4.08. The van der Waals surface area contributed by atoms with E-state index in [0.717, 1.165) is 29.6 Å². The molecule has 1 aromatic carbocycles. The number of hydrogen-bond donors (Lipinski definition) is 1. The minimum atomic E-state index is -0.145. The van der Waals surface area contributed by atoms with Gasteiger partial charge in [0.25, 0.3) is 0 Å². The van der Waals surface area contributed by atoms with E-state index >= 15 is 0 Å². The van der Waals surface area contributed by atoms with E-state index < -0.39 is 0 Å². The van der Waals surface area contributed by atoms with Gasteiger partial charge in [-0.15, -0.1) is 24.0 Å². The van der Waals surface area contributed by atoms with Gasteiger partial charge in [-0.2, -0.15) is 0 Å². The molecule has 2 atom stereocenters. The lowest BCUT2D eigenvalue weighted by Crippen LogP contribution is -2.40. The lowest BCUT2D eigenvalue weighted by Gasteiger charge is -2.21. The van der Waals surface area contributed by atoms with Gasteiger partial charge in [0.2, 0.25) is 0 Å². The second kappa shape index (κ2) is 10.1. The highest BCUT2D eigenvalue weighted by Crippen LogP contribution is 2.24. The molecule has 1 aliphatic rings. The number of carbonyl (C=O) groups excluding carboxylic acids is 1. The fourth-order valence-electron chi connectivity index (χ4n) is 2.78. The van der Waals surface area contributed by atoms with Crippen LogP contribution in [-0.2, 0) is 16.1 Å². The summed E-state index contributed by atoms with van der Waals surface area (Å²) in [5.41, 5.74) is 1.10. The summed E-state index contributed by atoms with van der Waals surface area (Å²) in [6.07, 6.45) is 0. The van der Waals surface area contributed by atoms with Crippen LogP contribution in [0.5, 0.6) is 0 Å². The highest BCUT2D eigenvalue weighted by Gasteiger charge is 2.36. The van der Waals surface area contributed by atoms with Gasteiger partial charge < -0.3 is 15.0 Å². The maximum absolute atomic E-state index is 11.8. The maximum Gasteiger partial charge on any atom is 0.310 e. The third kappa shape index (κ3) is 5.51. The van der Waals surface area contributed by atoms with Crippen LogP contribution < -0.4 is 5.32 Å². The highest BCUT2D eigenvalue weighted by molar-refractivity contribution is 14.0. The predicted molar refractivity (Wildman–Crippen MR) is 108 cm³/mol. The number of aliphatic imine (C=N–C) groups is 1. The second-order valence-corrected chi connectivity index (χ2v) is 6.24. The van der Waals surface area contributed by atoms with Crippen LogP contribution in [0.25, 0.3) is 0 Å². The molecule has 0 amide bonds. The van der Waals surface area contributed by atoms with E-state index in [0.29, 0.717) is 13.1 Å². The number of rotatable bonds is 4. The number of esters is 1. The molecule has 0 radical (unpaired) electrons. The third-order valence-corrected chi connectivity index (χ3v) is 4.33. The molecular formula is C17H25ClIN3O2. The van der Waals surface area contributed by atoms with Crippen molar-refractivity contribution in [2.45, 2.75) is 20.4 Å². The Balaban J connectivity index is 0.00000288. The Labute approximate surface area is 165 Å². The summed E-state index contributed by atoms with van der Waals surface area (Å²) < 4.78 is 4.89. The highest BCUT2D eigenvalue weighted by atomic mass is 127.